The minimum Gasteiger partial charge on any atom is -0.391 e. The van der Waals surface area contributed by atoms with Crippen molar-refractivity contribution in [2.45, 2.75) is 32.8 Å². The Kier molecular flexibility index (Phi) is 3.48. The van der Waals surface area contributed by atoms with Gasteiger partial charge in [0.1, 0.15) is 5.82 Å². The smallest absolute Gasteiger partial charge is 0.190 e. The van der Waals surface area contributed by atoms with Crippen LogP contribution in [0.25, 0.3) is 0 Å². The molecule has 1 aliphatic rings. The lowest BCUT2D eigenvalue weighted by molar-refractivity contribution is 0.283. The molecule has 0 bridgehead atoms. The number of aromatic nitrogens is 1. The monoisotopic (exact) mass is 292 g/mol. The van der Waals surface area contributed by atoms with E-state index < -0.39 is 0 Å². The van der Waals surface area contributed by atoms with E-state index >= 15 is 0 Å². The second-order valence-electron chi connectivity index (χ2n) is 5.29. The third kappa shape index (κ3) is 2.21. The van der Waals surface area contributed by atoms with Gasteiger partial charge in [-0.05, 0) is 30.0 Å². The Hall–Kier alpha value is -1.46. The molecule has 5 heteroatoms. The van der Waals surface area contributed by atoms with Gasteiger partial charge < -0.3 is 10.0 Å². The highest BCUT2D eigenvalue weighted by Crippen LogP contribution is 2.39. The number of aliphatic hydroxyl groups excluding tert-OH is 1. The second kappa shape index (κ2) is 5.14. The summed E-state index contributed by atoms with van der Waals surface area (Å²) in [5.41, 5.74) is 2.99. The fourth-order valence-electron chi connectivity index (χ4n) is 2.58. The Morgan fingerprint density at radius 3 is 2.90 bits per heavy atom. The van der Waals surface area contributed by atoms with Gasteiger partial charge in [-0.15, -0.1) is 0 Å². The Morgan fingerprint density at radius 2 is 2.25 bits per heavy atom. The molecule has 0 spiro atoms. The van der Waals surface area contributed by atoms with E-state index in [4.69, 9.17) is 0 Å². The predicted molar refractivity (Wildman–Crippen MR) is 79.2 cm³/mol. The first kappa shape index (κ1) is 13.5. The SMILES string of the molecule is CC(C)c1nc(N2CCc3ccc(F)cc32)sc1CO. The summed E-state index contributed by atoms with van der Waals surface area (Å²) in [7, 11) is 0. The van der Waals surface area contributed by atoms with Crippen molar-refractivity contribution < 1.29 is 9.50 Å². The number of fused-ring (bicyclic) bond motifs is 1. The minimum absolute atomic E-state index is 0.00896. The van der Waals surface area contributed by atoms with Gasteiger partial charge in [-0.2, -0.15) is 0 Å². The van der Waals surface area contributed by atoms with E-state index in [1.54, 1.807) is 6.07 Å². The summed E-state index contributed by atoms with van der Waals surface area (Å²) in [6.45, 7) is 4.95. The normalized spacial score (nSPS) is 14.2. The number of anilines is 2. The number of halogens is 1. The van der Waals surface area contributed by atoms with Crippen LogP contribution < -0.4 is 4.90 Å². The van der Waals surface area contributed by atoms with Gasteiger partial charge in [0.25, 0.3) is 0 Å². The molecule has 1 aliphatic heterocycles. The zero-order chi connectivity index (χ0) is 14.3. The van der Waals surface area contributed by atoms with E-state index in [-0.39, 0.29) is 18.3 Å². The van der Waals surface area contributed by atoms with Crippen LogP contribution in [0.4, 0.5) is 15.2 Å². The first-order valence-electron chi connectivity index (χ1n) is 6.76. The third-order valence-corrected chi connectivity index (χ3v) is 4.66. The first-order valence-corrected chi connectivity index (χ1v) is 7.58. The van der Waals surface area contributed by atoms with Gasteiger partial charge in [-0.25, -0.2) is 9.37 Å². The summed E-state index contributed by atoms with van der Waals surface area (Å²) in [6.07, 6.45) is 0.903. The van der Waals surface area contributed by atoms with Crippen LogP contribution in [-0.4, -0.2) is 16.6 Å². The molecular formula is C15H17FN2OS. The van der Waals surface area contributed by atoms with E-state index in [9.17, 15) is 9.50 Å². The molecule has 3 nitrogen and oxygen atoms in total. The van der Waals surface area contributed by atoms with Crippen LogP contribution in [0.5, 0.6) is 0 Å². The molecule has 1 N–H and O–H groups in total. The number of rotatable bonds is 3. The summed E-state index contributed by atoms with van der Waals surface area (Å²) in [4.78, 5) is 7.61. The zero-order valence-electron chi connectivity index (χ0n) is 11.6. The summed E-state index contributed by atoms with van der Waals surface area (Å²) in [5.74, 6) is 0.0513. The van der Waals surface area contributed by atoms with Gasteiger partial charge in [-0.3, -0.25) is 0 Å². The highest BCUT2D eigenvalue weighted by Gasteiger charge is 2.25. The zero-order valence-corrected chi connectivity index (χ0v) is 12.4. The van der Waals surface area contributed by atoms with Crippen LogP contribution in [0.15, 0.2) is 18.2 Å². The topological polar surface area (TPSA) is 36.4 Å². The number of benzene rings is 1. The molecule has 0 fully saturated rings. The van der Waals surface area contributed by atoms with Crippen molar-refractivity contribution in [3.63, 3.8) is 0 Å². The Labute approximate surface area is 121 Å². The maximum absolute atomic E-state index is 13.4. The minimum atomic E-state index is -0.223. The van der Waals surface area contributed by atoms with Crippen LogP contribution in [0, 0.1) is 5.82 Å². The average Bonchev–Trinajstić information content (AvgIpc) is 3.00. The van der Waals surface area contributed by atoms with Crippen LogP contribution in [0.1, 0.15) is 35.9 Å². The first-order chi connectivity index (χ1) is 9.60. The molecule has 1 aromatic carbocycles. The molecule has 0 saturated carbocycles. The van der Waals surface area contributed by atoms with Crippen molar-refractivity contribution in [3.8, 4) is 0 Å². The van der Waals surface area contributed by atoms with Crippen molar-refractivity contribution in [1.29, 1.82) is 0 Å². The van der Waals surface area contributed by atoms with Crippen LogP contribution in [0.2, 0.25) is 0 Å². The van der Waals surface area contributed by atoms with Crippen molar-refractivity contribution in [3.05, 3.63) is 40.2 Å². The summed E-state index contributed by atoms with van der Waals surface area (Å²) in [5, 5.41) is 10.3. The third-order valence-electron chi connectivity index (χ3n) is 3.58. The number of hydrogen-bond acceptors (Lipinski definition) is 4. The second-order valence-corrected chi connectivity index (χ2v) is 6.35. The highest BCUT2D eigenvalue weighted by molar-refractivity contribution is 7.15. The quantitative estimate of drug-likeness (QED) is 0.939. The molecule has 20 heavy (non-hydrogen) atoms. The largest absolute Gasteiger partial charge is 0.391 e. The van der Waals surface area contributed by atoms with E-state index in [1.165, 1.54) is 17.4 Å². The van der Waals surface area contributed by atoms with E-state index in [0.29, 0.717) is 0 Å². The average molecular weight is 292 g/mol. The maximum atomic E-state index is 13.4. The molecule has 2 aromatic rings. The lowest BCUT2D eigenvalue weighted by Gasteiger charge is -2.15. The fourth-order valence-corrected chi connectivity index (χ4v) is 3.70. The molecule has 0 amide bonds. The standard InChI is InChI=1S/C15H17FN2OS/c1-9(2)14-13(8-19)20-15(17-14)18-6-5-10-3-4-11(16)7-12(10)18/h3-4,7,9,19H,5-6,8H2,1-2H3. The van der Waals surface area contributed by atoms with Gasteiger partial charge >= 0.3 is 0 Å². The molecule has 0 saturated heterocycles. The molecule has 3 rings (SSSR count). The molecular weight excluding hydrogens is 275 g/mol. The number of nitrogens with zero attached hydrogens (tertiary/aromatic N) is 2. The Morgan fingerprint density at radius 1 is 1.45 bits per heavy atom. The highest BCUT2D eigenvalue weighted by atomic mass is 32.1. The number of hydrogen-bond donors (Lipinski definition) is 1. The molecule has 1 aromatic heterocycles. The van der Waals surface area contributed by atoms with Gasteiger partial charge in [0, 0.05) is 12.2 Å². The van der Waals surface area contributed by atoms with E-state index in [2.05, 4.69) is 18.8 Å². The van der Waals surface area contributed by atoms with Crippen molar-refractivity contribution in [1.82, 2.24) is 4.98 Å². The fraction of sp³-hybridized carbons (Fsp3) is 0.400. The van der Waals surface area contributed by atoms with Gasteiger partial charge in [0.2, 0.25) is 0 Å². The molecule has 0 atom stereocenters. The summed E-state index contributed by atoms with van der Waals surface area (Å²) >= 11 is 1.50. The van der Waals surface area contributed by atoms with Crippen LogP contribution in [-0.2, 0) is 13.0 Å². The number of thiazole rings is 1. The van der Waals surface area contributed by atoms with Crippen molar-refractivity contribution >= 4 is 22.2 Å². The van der Waals surface area contributed by atoms with Gasteiger partial charge in [0.15, 0.2) is 5.13 Å². The number of aliphatic hydroxyl groups is 1. The van der Waals surface area contributed by atoms with E-state index in [1.807, 2.05) is 11.0 Å². The molecule has 0 aliphatic carbocycles. The van der Waals surface area contributed by atoms with Gasteiger partial charge in [0.05, 0.1) is 17.2 Å². The summed E-state index contributed by atoms with van der Waals surface area (Å²) < 4.78 is 13.4. The molecule has 0 unspecified atom stereocenters. The summed E-state index contributed by atoms with van der Waals surface area (Å²) in [6, 6.07) is 4.91. The predicted octanol–water partition coefficient (Wildman–Crippen LogP) is 3.59. The van der Waals surface area contributed by atoms with E-state index in [0.717, 1.165) is 39.9 Å². The molecule has 2 heterocycles. The lowest BCUT2D eigenvalue weighted by Crippen LogP contribution is -2.13. The van der Waals surface area contributed by atoms with Gasteiger partial charge in [-0.1, -0.05) is 31.3 Å². The molecule has 106 valence electrons. The van der Waals surface area contributed by atoms with Crippen molar-refractivity contribution in [2.75, 3.05) is 11.4 Å². The van der Waals surface area contributed by atoms with Crippen molar-refractivity contribution in [2.24, 2.45) is 0 Å². The van der Waals surface area contributed by atoms with Crippen LogP contribution in [0.3, 0.4) is 0 Å². The lowest BCUT2D eigenvalue weighted by atomic mass is 10.1. The molecule has 0 radical (unpaired) electrons. The Bertz CT molecular complexity index is 639. The van der Waals surface area contributed by atoms with Crippen LogP contribution >= 0.6 is 11.3 Å². The maximum Gasteiger partial charge on any atom is 0.190 e. The Balaban J connectivity index is 2.02.